The van der Waals surface area contributed by atoms with E-state index < -0.39 is 6.04 Å². The van der Waals surface area contributed by atoms with Crippen molar-refractivity contribution in [1.82, 2.24) is 10.2 Å². The Bertz CT molecular complexity index is 1010. The molecule has 1 unspecified atom stereocenters. The van der Waals surface area contributed by atoms with E-state index >= 15 is 0 Å². The molecule has 3 aliphatic rings. The first-order chi connectivity index (χ1) is 16.5. The SMILES string of the molecule is O=C(NC(C(=O)Nc1ccc(C2(CN3CCCC3)CC2)cc1)C1CCCCC1)c1ccc(Cl)s1. The molecule has 7 heteroatoms. The van der Waals surface area contributed by atoms with Crippen LogP contribution < -0.4 is 10.6 Å². The Morgan fingerprint density at radius 2 is 1.71 bits per heavy atom. The fourth-order valence-corrected chi connectivity index (χ4v) is 6.64. The molecule has 2 N–H and O–H groups in total. The van der Waals surface area contributed by atoms with E-state index in [1.807, 2.05) is 12.1 Å². The van der Waals surface area contributed by atoms with Crippen molar-refractivity contribution in [1.29, 1.82) is 0 Å². The number of benzene rings is 1. The summed E-state index contributed by atoms with van der Waals surface area (Å²) in [4.78, 5) is 29.3. The Hall–Kier alpha value is -1.89. The predicted octanol–water partition coefficient (Wildman–Crippen LogP) is 5.85. The van der Waals surface area contributed by atoms with E-state index in [1.54, 1.807) is 12.1 Å². The number of likely N-dealkylation sites (tertiary alicyclic amines) is 1. The van der Waals surface area contributed by atoms with Gasteiger partial charge in [0.25, 0.3) is 5.91 Å². The minimum Gasteiger partial charge on any atom is -0.339 e. The zero-order chi connectivity index (χ0) is 23.5. The molecule has 2 saturated carbocycles. The Balaban J connectivity index is 1.25. The molecule has 5 rings (SSSR count). The van der Waals surface area contributed by atoms with Crippen LogP contribution in [0.3, 0.4) is 0 Å². The van der Waals surface area contributed by atoms with Gasteiger partial charge in [-0.15, -0.1) is 11.3 Å². The van der Waals surface area contributed by atoms with Crippen LogP contribution in [0.1, 0.15) is 73.0 Å². The maximum atomic E-state index is 13.4. The average molecular weight is 500 g/mol. The number of hydrogen-bond donors (Lipinski definition) is 2. The lowest BCUT2D eigenvalue weighted by atomic mass is 9.83. The van der Waals surface area contributed by atoms with Crippen LogP contribution in [0.4, 0.5) is 5.69 Å². The van der Waals surface area contributed by atoms with Crippen molar-refractivity contribution < 1.29 is 9.59 Å². The van der Waals surface area contributed by atoms with E-state index in [0.717, 1.165) is 37.9 Å². The molecule has 2 amide bonds. The van der Waals surface area contributed by atoms with Crippen LogP contribution >= 0.6 is 22.9 Å². The molecule has 0 bridgehead atoms. The number of carbonyl (C=O) groups is 2. The van der Waals surface area contributed by atoms with Crippen molar-refractivity contribution >= 4 is 40.4 Å². The first-order valence-corrected chi connectivity index (χ1v) is 13.9. The number of thiophene rings is 1. The van der Waals surface area contributed by atoms with E-state index in [1.165, 1.54) is 62.1 Å². The number of nitrogens with one attached hydrogen (secondary N) is 2. The predicted molar refractivity (Wildman–Crippen MR) is 139 cm³/mol. The molecule has 1 atom stereocenters. The number of nitrogens with zero attached hydrogens (tertiary/aromatic N) is 1. The monoisotopic (exact) mass is 499 g/mol. The van der Waals surface area contributed by atoms with E-state index in [2.05, 4.69) is 27.7 Å². The molecular formula is C27H34ClN3O2S. The molecular weight excluding hydrogens is 466 g/mol. The van der Waals surface area contributed by atoms with Gasteiger partial charge in [-0.25, -0.2) is 0 Å². The molecule has 5 nitrogen and oxygen atoms in total. The summed E-state index contributed by atoms with van der Waals surface area (Å²) in [5.74, 6) is -0.202. The molecule has 2 heterocycles. The van der Waals surface area contributed by atoms with Gasteiger partial charge in [0.15, 0.2) is 0 Å². The maximum Gasteiger partial charge on any atom is 0.262 e. The number of amides is 2. The van der Waals surface area contributed by atoms with E-state index in [-0.39, 0.29) is 17.7 Å². The fourth-order valence-electron chi connectivity index (χ4n) is 5.70. The largest absolute Gasteiger partial charge is 0.339 e. The lowest BCUT2D eigenvalue weighted by Crippen LogP contribution is -2.49. The van der Waals surface area contributed by atoms with Gasteiger partial charge in [-0.3, -0.25) is 9.59 Å². The lowest BCUT2D eigenvalue weighted by Gasteiger charge is -2.30. The topological polar surface area (TPSA) is 61.4 Å². The first kappa shape index (κ1) is 23.8. The highest BCUT2D eigenvalue weighted by Crippen LogP contribution is 2.49. The third kappa shape index (κ3) is 5.50. The Morgan fingerprint density at radius 3 is 2.32 bits per heavy atom. The molecule has 2 aliphatic carbocycles. The molecule has 1 aliphatic heterocycles. The molecule has 1 saturated heterocycles. The van der Waals surface area contributed by atoms with Crippen molar-refractivity contribution in [3.05, 3.63) is 51.2 Å². The second kappa shape index (κ2) is 10.4. The van der Waals surface area contributed by atoms with Gasteiger partial charge >= 0.3 is 0 Å². The van der Waals surface area contributed by atoms with Crippen LogP contribution in [0.25, 0.3) is 0 Å². The fraction of sp³-hybridized carbons (Fsp3) is 0.556. The minimum absolute atomic E-state index is 0.131. The minimum atomic E-state index is -0.543. The van der Waals surface area contributed by atoms with Crippen molar-refractivity contribution in [2.45, 2.75) is 69.2 Å². The zero-order valence-corrected chi connectivity index (χ0v) is 21.2. The number of rotatable bonds is 8. The summed E-state index contributed by atoms with van der Waals surface area (Å²) in [5, 5.41) is 6.10. The van der Waals surface area contributed by atoms with Gasteiger partial charge in [-0.2, -0.15) is 0 Å². The van der Waals surface area contributed by atoms with E-state index in [0.29, 0.717) is 14.6 Å². The second-order valence-electron chi connectivity index (χ2n) is 10.3. The summed E-state index contributed by atoms with van der Waals surface area (Å²) in [6, 6.07) is 11.3. The third-order valence-electron chi connectivity index (χ3n) is 7.83. The lowest BCUT2D eigenvalue weighted by molar-refractivity contribution is -0.119. The molecule has 3 fully saturated rings. The standard InChI is InChI=1S/C27H34ClN3O2S/c28-23-13-12-22(34-23)25(32)30-24(19-6-2-1-3-7-19)26(33)29-21-10-8-20(9-11-21)27(14-15-27)18-31-16-4-5-17-31/h8-13,19,24H,1-7,14-18H2,(H,29,33)(H,30,32). The summed E-state index contributed by atoms with van der Waals surface area (Å²) < 4.78 is 0.571. The van der Waals surface area contributed by atoms with Crippen LogP contribution in [0, 0.1) is 5.92 Å². The van der Waals surface area contributed by atoms with Crippen LogP contribution in [-0.4, -0.2) is 42.4 Å². The normalized spacial score (nSPS) is 21.2. The van der Waals surface area contributed by atoms with Crippen LogP contribution in [0.5, 0.6) is 0 Å². The number of carbonyl (C=O) groups excluding carboxylic acids is 2. The van der Waals surface area contributed by atoms with Crippen LogP contribution in [-0.2, 0) is 10.2 Å². The highest BCUT2D eigenvalue weighted by Gasteiger charge is 2.45. The number of halogens is 1. The van der Waals surface area contributed by atoms with Gasteiger partial charge in [0.05, 0.1) is 9.21 Å². The van der Waals surface area contributed by atoms with Crippen LogP contribution in [0.15, 0.2) is 36.4 Å². The molecule has 34 heavy (non-hydrogen) atoms. The molecule has 1 aromatic carbocycles. The maximum absolute atomic E-state index is 13.4. The quantitative estimate of drug-likeness (QED) is 0.479. The van der Waals surface area contributed by atoms with Crippen LogP contribution in [0.2, 0.25) is 4.34 Å². The zero-order valence-electron chi connectivity index (χ0n) is 19.7. The molecule has 1 aromatic heterocycles. The first-order valence-electron chi connectivity index (χ1n) is 12.7. The van der Waals surface area contributed by atoms with Gasteiger partial charge in [-0.1, -0.05) is 43.0 Å². The van der Waals surface area contributed by atoms with Gasteiger partial charge in [0.2, 0.25) is 5.91 Å². The van der Waals surface area contributed by atoms with Crippen molar-refractivity contribution in [2.75, 3.05) is 25.0 Å². The number of hydrogen-bond acceptors (Lipinski definition) is 4. The highest BCUT2D eigenvalue weighted by atomic mass is 35.5. The summed E-state index contributed by atoms with van der Waals surface area (Å²) in [6.07, 6.45) is 10.4. The van der Waals surface area contributed by atoms with Crippen molar-refractivity contribution in [3.63, 3.8) is 0 Å². The Morgan fingerprint density at radius 1 is 1.00 bits per heavy atom. The highest BCUT2D eigenvalue weighted by molar-refractivity contribution is 7.18. The smallest absolute Gasteiger partial charge is 0.262 e. The summed E-state index contributed by atoms with van der Waals surface area (Å²) in [7, 11) is 0. The molecule has 2 aromatic rings. The second-order valence-corrected chi connectivity index (χ2v) is 12.0. The summed E-state index contributed by atoms with van der Waals surface area (Å²) in [6.45, 7) is 3.60. The molecule has 0 radical (unpaired) electrons. The average Bonchev–Trinajstić information content (AvgIpc) is 3.21. The molecule has 0 spiro atoms. The van der Waals surface area contributed by atoms with E-state index in [4.69, 9.17) is 11.6 Å². The Labute approximate surface area is 211 Å². The van der Waals surface area contributed by atoms with Gasteiger partial charge in [-0.05, 0) is 87.4 Å². The summed E-state index contributed by atoms with van der Waals surface area (Å²) >= 11 is 7.25. The van der Waals surface area contributed by atoms with Gasteiger partial charge < -0.3 is 15.5 Å². The van der Waals surface area contributed by atoms with Crippen molar-refractivity contribution in [3.8, 4) is 0 Å². The van der Waals surface area contributed by atoms with E-state index in [9.17, 15) is 9.59 Å². The third-order valence-corrected chi connectivity index (χ3v) is 9.06. The number of anilines is 1. The Kier molecular flexibility index (Phi) is 7.28. The van der Waals surface area contributed by atoms with Gasteiger partial charge in [0.1, 0.15) is 6.04 Å². The van der Waals surface area contributed by atoms with Crippen molar-refractivity contribution in [2.24, 2.45) is 5.92 Å². The summed E-state index contributed by atoms with van der Waals surface area (Å²) in [5.41, 5.74) is 2.47. The molecule has 182 valence electrons. The van der Waals surface area contributed by atoms with Gasteiger partial charge in [0, 0.05) is 17.6 Å².